The van der Waals surface area contributed by atoms with Gasteiger partial charge in [-0.25, -0.2) is 4.68 Å². The normalized spacial score (nSPS) is 11.7. The smallest absolute Gasteiger partial charge is 0.295 e. The van der Waals surface area contributed by atoms with Crippen molar-refractivity contribution < 1.29 is 9.59 Å². The lowest BCUT2D eigenvalue weighted by atomic mass is 10.1. The summed E-state index contributed by atoms with van der Waals surface area (Å²) in [6.07, 6.45) is 0. The molecule has 2 aromatic carbocycles. The van der Waals surface area contributed by atoms with E-state index in [1.54, 1.807) is 47.6 Å². The first-order valence-electron chi connectivity index (χ1n) is 9.32. The van der Waals surface area contributed by atoms with E-state index in [-0.39, 0.29) is 17.2 Å². The molecule has 1 amide bonds. The van der Waals surface area contributed by atoms with Crippen LogP contribution >= 0.6 is 0 Å². The fraction of sp³-hybridized carbons (Fsp3) is 0.227. The van der Waals surface area contributed by atoms with Gasteiger partial charge in [-0.05, 0) is 45.0 Å². The van der Waals surface area contributed by atoms with Crippen LogP contribution in [0.5, 0.6) is 0 Å². The van der Waals surface area contributed by atoms with E-state index < -0.39 is 6.04 Å². The molecule has 7 heteroatoms. The summed E-state index contributed by atoms with van der Waals surface area (Å²) in [5.74, 6) is -0.381. The maximum atomic E-state index is 13.0. The van der Waals surface area contributed by atoms with E-state index in [9.17, 15) is 14.4 Å². The van der Waals surface area contributed by atoms with E-state index in [1.807, 2.05) is 37.3 Å². The topological polar surface area (TPSA) is 85.1 Å². The fourth-order valence-electron chi connectivity index (χ4n) is 3.08. The van der Waals surface area contributed by atoms with Crippen molar-refractivity contribution in [2.24, 2.45) is 7.05 Å². The molecule has 0 radical (unpaired) electrons. The number of ketones is 1. The minimum Gasteiger partial charge on any atom is -0.368 e. The number of nitrogens with one attached hydrogen (secondary N) is 2. The van der Waals surface area contributed by atoms with Crippen LogP contribution in [0.4, 0.5) is 11.4 Å². The second kappa shape index (κ2) is 8.18. The average Bonchev–Trinajstić information content (AvgIpc) is 2.92. The Morgan fingerprint density at radius 1 is 1.03 bits per heavy atom. The van der Waals surface area contributed by atoms with Crippen LogP contribution in [0, 0.1) is 6.92 Å². The maximum Gasteiger partial charge on any atom is 0.295 e. The highest BCUT2D eigenvalue weighted by Crippen LogP contribution is 2.16. The summed E-state index contributed by atoms with van der Waals surface area (Å²) in [5.41, 5.74) is 2.66. The van der Waals surface area contributed by atoms with E-state index in [1.165, 1.54) is 6.92 Å². The Kier molecular flexibility index (Phi) is 5.68. The van der Waals surface area contributed by atoms with Gasteiger partial charge in [0.25, 0.3) is 5.56 Å². The first kappa shape index (κ1) is 20.1. The molecule has 7 nitrogen and oxygen atoms in total. The second-order valence-corrected chi connectivity index (χ2v) is 6.93. The van der Waals surface area contributed by atoms with Crippen LogP contribution in [0.2, 0.25) is 0 Å². The number of Topliss-reactive ketones (excluding diaryl/α,β-unsaturated/α-hetero) is 1. The number of anilines is 2. The Labute approximate surface area is 169 Å². The van der Waals surface area contributed by atoms with Crippen LogP contribution in [0.25, 0.3) is 5.69 Å². The lowest BCUT2D eigenvalue weighted by Crippen LogP contribution is -2.34. The first-order chi connectivity index (χ1) is 13.8. The molecular formula is C22H24N4O3. The predicted molar refractivity (Wildman–Crippen MR) is 114 cm³/mol. The van der Waals surface area contributed by atoms with Crippen LogP contribution < -0.4 is 16.2 Å². The minimum absolute atomic E-state index is 0.0753. The monoisotopic (exact) mass is 392 g/mol. The molecule has 0 saturated carbocycles. The highest BCUT2D eigenvalue weighted by molar-refractivity contribution is 5.99. The first-order valence-corrected chi connectivity index (χ1v) is 9.32. The van der Waals surface area contributed by atoms with Crippen molar-refractivity contribution in [3.63, 3.8) is 0 Å². The number of carbonyl (C=O) groups excluding carboxylic acids is 2. The van der Waals surface area contributed by atoms with E-state index in [4.69, 9.17) is 0 Å². The molecule has 0 fully saturated rings. The molecule has 1 atom stereocenters. The van der Waals surface area contributed by atoms with Gasteiger partial charge in [0.15, 0.2) is 5.78 Å². The number of amides is 1. The SMILES string of the molecule is CC(=O)c1cccc(NC(=O)C(C)Nc2c(C)n(C)n(-c3ccccc3)c2=O)c1. The Balaban J connectivity index is 1.81. The van der Waals surface area contributed by atoms with Gasteiger partial charge in [0.1, 0.15) is 11.7 Å². The number of nitrogens with zero attached hydrogens (tertiary/aromatic N) is 2. The van der Waals surface area contributed by atoms with Crippen LogP contribution in [-0.2, 0) is 11.8 Å². The van der Waals surface area contributed by atoms with Gasteiger partial charge >= 0.3 is 0 Å². The molecule has 0 bridgehead atoms. The van der Waals surface area contributed by atoms with Gasteiger partial charge in [-0.2, -0.15) is 0 Å². The average molecular weight is 392 g/mol. The number of hydrogen-bond acceptors (Lipinski definition) is 4. The molecule has 1 aromatic heterocycles. The molecular weight excluding hydrogens is 368 g/mol. The number of rotatable bonds is 6. The van der Waals surface area contributed by atoms with Crippen molar-refractivity contribution in [3.05, 3.63) is 76.2 Å². The van der Waals surface area contributed by atoms with Crippen LogP contribution in [-0.4, -0.2) is 27.1 Å². The molecule has 1 unspecified atom stereocenters. The number of para-hydroxylation sites is 1. The zero-order chi connectivity index (χ0) is 21.1. The summed E-state index contributed by atoms with van der Waals surface area (Å²) in [4.78, 5) is 37.1. The summed E-state index contributed by atoms with van der Waals surface area (Å²) < 4.78 is 3.31. The highest BCUT2D eigenvalue weighted by atomic mass is 16.2. The van der Waals surface area contributed by atoms with E-state index >= 15 is 0 Å². The van der Waals surface area contributed by atoms with Gasteiger partial charge < -0.3 is 10.6 Å². The second-order valence-electron chi connectivity index (χ2n) is 6.93. The molecule has 0 aliphatic rings. The van der Waals surface area contributed by atoms with Crippen molar-refractivity contribution in [1.29, 1.82) is 0 Å². The minimum atomic E-state index is -0.658. The number of carbonyl (C=O) groups is 2. The zero-order valence-electron chi connectivity index (χ0n) is 16.9. The van der Waals surface area contributed by atoms with Gasteiger partial charge in [-0.1, -0.05) is 30.3 Å². The summed E-state index contributed by atoms with van der Waals surface area (Å²) in [5, 5.41) is 5.81. The van der Waals surface area contributed by atoms with Gasteiger partial charge in [0.05, 0.1) is 11.4 Å². The summed E-state index contributed by atoms with van der Waals surface area (Å²) in [7, 11) is 1.80. The maximum absolute atomic E-state index is 13.0. The molecule has 3 aromatic rings. The van der Waals surface area contributed by atoms with E-state index in [0.29, 0.717) is 16.9 Å². The largest absolute Gasteiger partial charge is 0.368 e. The Bertz CT molecular complexity index is 1110. The summed E-state index contributed by atoms with van der Waals surface area (Å²) in [6, 6.07) is 15.4. The molecule has 1 heterocycles. The van der Waals surface area contributed by atoms with Crippen molar-refractivity contribution in [2.75, 3.05) is 10.6 Å². The van der Waals surface area contributed by atoms with E-state index in [0.717, 1.165) is 11.4 Å². The zero-order valence-corrected chi connectivity index (χ0v) is 16.9. The standard InChI is InChI=1S/C22H24N4O3/c1-14(21(28)24-18-10-8-9-17(13-18)16(3)27)23-20-15(2)25(4)26(22(20)29)19-11-6-5-7-12-19/h5-14,23H,1-4H3,(H,24,28). The molecule has 29 heavy (non-hydrogen) atoms. The Hall–Kier alpha value is -3.61. The lowest BCUT2D eigenvalue weighted by molar-refractivity contribution is -0.116. The number of hydrogen-bond donors (Lipinski definition) is 2. The van der Waals surface area contributed by atoms with Crippen LogP contribution in [0.1, 0.15) is 29.9 Å². The quantitative estimate of drug-likeness (QED) is 0.631. The Morgan fingerprint density at radius 2 is 1.72 bits per heavy atom. The third kappa shape index (κ3) is 4.13. The third-order valence-electron chi connectivity index (χ3n) is 4.84. The Morgan fingerprint density at radius 3 is 2.38 bits per heavy atom. The molecule has 0 aliphatic heterocycles. The third-order valence-corrected chi connectivity index (χ3v) is 4.84. The predicted octanol–water partition coefficient (Wildman–Crippen LogP) is 3.13. The summed E-state index contributed by atoms with van der Waals surface area (Å²) >= 11 is 0. The number of benzene rings is 2. The number of aromatic nitrogens is 2. The molecule has 0 saturated heterocycles. The van der Waals surface area contributed by atoms with Gasteiger partial charge in [-0.15, -0.1) is 0 Å². The van der Waals surface area contributed by atoms with Gasteiger partial charge in [-0.3, -0.25) is 19.1 Å². The highest BCUT2D eigenvalue weighted by Gasteiger charge is 2.21. The van der Waals surface area contributed by atoms with Crippen molar-refractivity contribution in [3.8, 4) is 5.69 Å². The fourth-order valence-corrected chi connectivity index (χ4v) is 3.08. The van der Waals surface area contributed by atoms with Crippen LogP contribution in [0.3, 0.4) is 0 Å². The lowest BCUT2D eigenvalue weighted by Gasteiger charge is -2.14. The van der Waals surface area contributed by atoms with Gasteiger partial charge in [0, 0.05) is 18.3 Å². The van der Waals surface area contributed by atoms with Crippen molar-refractivity contribution >= 4 is 23.1 Å². The van der Waals surface area contributed by atoms with Crippen molar-refractivity contribution in [2.45, 2.75) is 26.8 Å². The molecule has 0 aliphatic carbocycles. The molecule has 2 N–H and O–H groups in total. The van der Waals surface area contributed by atoms with Crippen molar-refractivity contribution in [1.82, 2.24) is 9.36 Å². The molecule has 150 valence electrons. The molecule has 3 rings (SSSR count). The van der Waals surface area contributed by atoms with E-state index in [2.05, 4.69) is 10.6 Å². The van der Waals surface area contributed by atoms with Crippen LogP contribution in [0.15, 0.2) is 59.4 Å². The van der Waals surface area contributed by atoms with Gasteiger partial charge in [0.2, 0.25) is 5.91 Å². The summed E-state index contributed by atoms with van der Waals surface area (Å²) in [6.45, 7) is 4.98. The molecule has 0 spiro atoms.